The molecule has 0 radical (unpaired) electrons. The molecule has 0 spiro atoms. The van der Waals surface area contributed by atoms with Gasteiger partial charge in [-0.25, -0.2) is 0 Å². The van der Waals surface area contributed by atoms with Crippen LogP contribution in [0.1, 0.15) is 51.4 Å². The van der Waals surface area contributed by atoms with E-state index in [1.165, 1.54) is 77.5 Å². The first-order valence-corrected chi connectivity index (χ1v) is 8.55. The van der Waals surface area contributed by atoms with E-state index in [9.17, 15) is 0 Å². The summed E-state index contributed by atoms with van der Waals surface area (Å²) in [5.74, 6) is 0.774. The summed E-state index contributed by atoms with van der Waals surface area (Å²) in [4.78, 5) is 5.53. The first-order valence-electron chi connectivity index (χ1n) is 8.55. The Morgan fingerprint density at radius 1 is 0.737 bits per heavy atom. The third-order valence-corrected chi connectivity index (χ3v) is 5.76. The van der Waals surface area contributed by atoms with Crippen LogP contribution in [0.25, 0.3) is 0 Å². The topological polar surface area (TPSA) is 32.5 Å². The van der Waals surface area contributed by atoms with Gasteiger partial charge >= 0.3 is 0 Å². The SMILES string of the molecule is NCC1CCN(C2CCN(C3CCCCC3)CC2)C1. The maximum absolute atomic E-state index is 5.81. The monoisotopic (exact) mass is 265 g/mol. The summed E-state index contributed by atoms with van der Waals surface area (Å²) >= 11 is 0. The highest BCUT2D eigenvalue weighted by Gasteiger charge is 2.32. The van der Waals surface area contributed by atoms with Crippen LogP contribution >= 0.6 is 0 Å². The van der Waals surface area contributed by atoms with Crippen molar-refractivity contribution in [2.45, 2.75) is 63.5 Å². The Balaban J connectivity index is 1.44. The lowest BCUT2D eigenvalue weighted by atomic mass is 9.92. The van der Waals surface area contributed by atoms with E-state index in [0.29, 0.717) is 0 Å². The Labute approximate surface area is 118 Å². The van der Waals surface area contributed by atoms with E-state index >= 15 is 0 Å². The quantitative estimate of drug-likeness (QED) is 0.848. The van der Waals surface area contributed by atoms with Crippen LogP contribution in [0.5, 0.6) is 0 Å². The minimum atomic E-state index is 0.774. The number of piperidine rings is 1. The summed E-state index contributed by atoms with van der Waals surface area (Å²) in [7, 11) is 0. The first kappa shape index (κ1) is 13.8. The van der Waals surface area contributed by atoms with Crippen molar-refractivity contribution in [2.24, 2.45) is 11.7 Å². The van der Waals surface area contributed by atoms with Crippen LogP contribution in [0.3, 0.4) is 0 Å². The normalized spacial score (nSPS) is 33.0. The molecule has 2 saturated heterocycles. The largest absolute Gasteiger partial charge is 0.330 e. The maximum atomic E-state index is 5.81. The van der Waals surface area contributed by atoms with Crippen LogP contribution in [0.15, 0.2) is 0 Å². The molecule has 0 aromatic rings. The molecule has 0 bridgehead atoms. The van der Waals surface area contributed by atoms with Gasteiger partial charge in [0, 0.05) is 18.6 Å². The van der Waals surface area contributed by atoms with Gasteiger partial charge in [0.2, 0.25) is 0 Å². The molecule has 1 saturated carbocycles. The van der Waals surface area contributed by atoms with Gasteiger partial charge in [-0.1, -0.05) is 19.3 Å². The number of likely N-dealkylation sites (tertiary alicyclic amines) is 2. The van der Waals surface area contributed by atoms with E-state index in [2.05, 4.69) is 9.80 Å². The van der Waals surface area contributed by atoms with Crippen LogP contribution in [-0.2, 0) is 0 Å². The lowest BCUT2D eigenvalue weighted by molar-refractivity contribution is 0.0791. The predicted molar refractivity (Wildman–Crippen MR) is 80.2 cm³/mol. The van der Waals surface area contributed by atoms with Gasteiger partial charge in [-0.2, -0.15) is 0 Å². The average Bonchev–Trinajstić information content (AvgIpc) is 2.97. The number of hydrogen-bond donors (Lipinski definition) is 1. The average molecular weight is 265 g/mol. The standard InChI is InChI=1S/C16H31N3/c17-12-14-6-9-19(13-14)16-7-10-18(11-8-16)15-4-2-1-3-5-15/h14-16H,1-13,17H2. The van der Waals surface area contributed by atoms with Crippen molar-refractivity contribution in [3.63, 3.8) is 0 Å². The summed E-state index contributed by atoms with van der Waals surface area (Å²) in [6.07, 6.45) is 11.5. The molecule has 2 aliphatic heterocycles. The van der Waals surface area contributed by atoms with Gasteiger partial charge < -0.3 is 10.6 Å². The van der Waals surface area contributed by atoms with Gasteiger partial charge in [-0.05, 0) is 64.2 Å². The molecule has 2 heterocycles. The minimum Gasteiger partial charge on any atom is -0.330 e. The second-order valence-corrected chi connectivity index (χ2v) is 6.94. The van der Waals surface area contributed by atoms with Crippen LogP contribution in [0.4, 0.5) is 0 Å². The highest BCUT2D eigenvalue weighted by molar-refractivity contribution is 4.88. The molecule has 110 valence electrons. The Morgan fingerprint density at radius 3 is 2.00 bits per heavy atom. The van der Waals surface area contributed by atoms with Gasteiger partial charge in [0.25, 0.3) is 0 Å². The molecule has 1 aliphatic carbocycles. The molecule has 2 N–H and O–H groups in total. The second kappa shape index (κ2) is 6.55. The number of hydrogen-bond acceptors (Lipinski definition) is 3. The van der Waals surface area contributed by atoms with Crippen molar-refractivity contribution >= 4 is 0 Å². The zero-order chi connectivity index (χ0) is 13.1. The second-order valence-electron chi connectivity index (χ2n) is 6.94. The molecule has 1 atom stereocenters. The van der Waals surface area contributed by atoms with Crippen LogP contribution in [0, 0.1) is 5.92 Å². The van der Waals surface area contributed by atoms with Crippen molar-refractivity contribution in [2.75, 3.05) is 32.7 Å². The zero-order valence-corrected chi connectivity index (χ0v) is 12.4. The zero-order valence-electron chi connectivity index (χ0n) is 12.4. The first-order chi connectivity index (χ1) is 9.36. The van der Waals surface area contributed by atoms with Crippen molar-refractivity contribution in [3.8, 4) is 0 Å². The van der Waals surface area contributed by atoms with Crippen LogP contribution in [-0.4, -0.2) is 54.6 Å². The molecule has 3 rings (SSSR count). The Bertz CT molecular complexity index is 267. The van der Waals surface area contributed by atoms with E-state index in [4.69, 9.17) is 5.73 Å². The van der Waals surface area contributed by atoms with Crippen LogP contribution in [0.2, 0.25) is 0 Å². The third kappa shape index (κ3) is 3.32. The smallest absolute Gasteiger partial charge is 0.0120 e. The molecule has 3 aliphatic rings. The fourth-order valence-corrected chi connectivity index (χ4v) is 4.45. The Hall–Kier alpha value is -0.120. The van der Waals surface area contributed by atoms with Gasteiger partial charge in [-0.3, -0.25) is 4.90 Å². The highest BCUT2D eigenvalue weighted by atomic mass is 15.2. The summed E-state index contributed by atoms with van der Waals surface area (Å²) in [5.41, 5.74) is 5.81. The molecule has 3 nitrogen and oxygen atoms in total. The van der Waals surface area contributed by atoms with Crippen LogP contribution < -0.4 is 5.73 Å². The van der Waals surface area contributed by atoms with Gasteiger partial charge in [0.15, 0.2) is 0 Å². The van der Waals surface area contributed by atoms with E-state index in [1.807, 2.05) is 0 Å². The Morgan fingerprint density at radius 2 is 1.37 bits per heavy atom. The van der Waals surface area contributed by atoms with Crippen molar-refractivity contribution in [3.05, 3.63) is 0 Å². The summed E-state index contributed by atoms with van der Waals surface area (Å²) in [5, 5.41) is 0. The Kier molecular flexibility index (Phi) is 4.78. The van der Waals surface area contributed by atoms with Gasteiger partial charge in [0.1, 0.15) is 0 Å². The molecule has 3 fully saturated rings. The molecular weight excluding hydrogens is 234 g/mol. The van der Waals surface area contributed by atoms with E-state index < -0.39 is 0 Å². The van der Waals surface area contributed by atoms with Gasteiger partial charge in [-0.15, -0.1) is 0 Å². The van der Waals surface area contributed by atoms with Crippen molar-refractivity contribution < 1.29 is 0 Å². The van der Waals surface area contributed by atoms with E-state index in [-0.39, 0.29) is 0 Å². The number of rotatable bonds is 3. The molecule has 19 heavy (non-hydrogen) atoms. The molecule has 0 amide bonds. The lowest BCUT2D eigenvalue weighted by Gasteiger charge is -2.41. The van der Waals surface area contributed by atoms with Gasteiger partial charge in [0.05, 0.1) is 0 Å². The predicted octanol–water partition coefficient (Wildman–Crippen LogP) is 2.06. The fourth-order valence-electron chi connectivity index (χ4n) is 4.45. The minimum absolute atomic E-state index is 0.774. The van der Waals surface area contributed by atoms with E-state index in [0.717, 1.165) is 24.5 Å². The van der Waals surface area contributed by atoms with Crippen molar-refractivity contribution in [1.29, 1.82) is 0 Å². The number of nitrogens with zero attached hydrogens (tertiary/aromatic N) is 2. The van der Waals surface area contributed by atoms with Crippen molar-refractivity contribution in [1.82, 2.24) is 9.80 Å². The summed E-state index contributed by atoms with van der Waals surface area (Å²) in [6, 6.07) is 1.78. The molecule has 0 aromatic carbocycles. The summed E-state index contributed by atoms with van der Waals surface area (Å²) in [6.45, 7) is 6.15. The third-order valence-electron chi connectivity index (χ3n) is 5.76. The number of nitrogens with two attached hydrogens (primary N) is 1. The maximum Gasteiger partial charge on any atom is 0.0120 e. The molecule has 0 aromatic heterocycles. The molecular formula is C16H31N3. The molecule has 1 unspecified atom stereocenters. The lowest BCUT2D eigenvalue weighted by Crippen LogP contribution is -2.48. The molecule has 3 heteroatoms. The summed E-state index contributed by atoms with van der Waals surface area (Å²) < 4.78 is 0. The fraction of sp³-hybridized carbons (Fsp3) is 1.00. The highest BCUT2D eigenvalue weighted by Crippen LogP contribution is 2.28. The van der Waals surface area contributed by atoms with E-state index in [1.54, 1.807) is 0 Å².